The number of primary amides is 1. The Hall–Kier alpha value is -3.12. The summed E-state index contributed by atoms with van der Waals surface area (Å²) in [6.07, 6.45) is 0.173. The van der Waals surface area contributed by atoms with Gasteiger partial charge in [0.05, 0.1) is 5.56 Å². The van der Waals surface area contributed by atoms with E-state index in [-0.39, 0.29) is 12.2 Å². The molecule has 3 aromatic rings. The molecule has 0 aromatic heterocycles. The number of nitrogens with two attached hydrogens (primary N) is 1. The average Bonchev–Trinajstić information content (AvgIpc) is 2.71. The van der Waals surface area contributed by atoms with Crippen LogP contribution in [-0.4, -0.2) is 12.5 Å². The number of rotatable bonds is 6. The maximum Gasteiger partial charge on any atom is 0.387 e. The van der Waals surface area contributed by atoms with Crippen molar-refractivity contribution in [1.29, 1.82) is 0 Å². The highest BCUT2D eigenvalue weighted by molar-refractivity contribution is 6.30. The number of ether oxygens (including phenoxy) is 2. The third-order valence-corrected chi connectivity index (χ3v) is 5.16. The highest BCUT2D eigenvalue weighted by atomic mass is 35.5. The van der Waals surface area contributed by atoms with E-state index in [4.69, 9.17) is 26.8 Å². The predicted molar refractivity (Wildman–Crippen MR) is 110 cm³/mol. The molecule has 3 aromatic carbocycles. The molecular formula is C23H18ClF2NO3. The highest BCUT2D eigenvalue weighted by Gasteiger charge is 2.30. The zero-order chi connectivity index (χ0) is 21.3. The SMILES string of the molecule is NC(=O)CCc1ccc2c(c1)C(c1cccc(Cl)c1)Oc1cccc(OC(F)F)c1-2. The Morgan fingerprint density at radius 3 is 2.67 bits per heavy atom. The molecule has 0 aliphatic carbocycles. The van der Waals surface area contributed by atoms with Crippen molar-refractivity contribution in [3.63, 3.8) is 0 Å². The smallest absolute Gasteiger partial charge is 0.387 e. The third kappa shape index (κ3) is 4.09. The van der Waals surface area contributed by atoms with E-state index in [0.29, 0.717) is 22.8 Å². The topological polar surface area (TPSA) is 61.6 Å². The fourth-order valence-electron chi connectivity index (χ4n) is 3.66. The lowest BCUT2D eigenvalue weighted by molar-refractivity contribution is -0.118. The van der Waals surface area contributed by atoms with Crippen LogP contribution in [-0.2, 0) is 11.2 Å². The monoisotopic (exact) mass is 429 g/mol. The van der Waals surface area contributed by atoms with Crippen LogP contribution in [0.2, 0.25) is 5.02 Å². The number of halogens is 3. The molecular weight excluding hydrogens is 412 g/mol. The van der Waals surface area contributed by atoms with E-state index in [9.17, 15) is 13.6 Å². The van der Waals surface area contributed by atoms with Crippen molar-refractivity contribution >= 4 is 17.5 Å². The Balaban J connectivity index is 1.86. The van der Waals surface area contributed by atoms with Crippen molar-refractivity contribution in [2.75, 3.05) is 0 Å². The van der Waals surface area contributed by atoms with Crippen LogP contribution in [0, 0.1) is 0 Å². The van der Waals surface area contributed by atoms with Gasteiger partial charge in [0.15, 0.2) is 0 Å². The van der Waals surface area contributed by atoms with Gasteiger partial charge in [0.25, 0.3) is 0 Å². The van der Waals surface area contributed by atoms with Crippen LogP contribution in [0.4, 0.5) is 8.78 Å². The minimum Gasteiger partial charge on any atom is -0.480 e. The van der Waals surface area contributed by atoms with E-state index in [0.717, 1.165) is 22.3 Å². The molecule has 1 atom stereocenters. The summed E-state index contributed by atoms with van der Waals surface area (Å²) in [5, 5.41) is 0.558. The molecule has 30 heavy (non-hydrogen) atoms. The molecule has 0 radical (unpaired) electrons. The summed E-state index contributed by atoms with van der Waals surface area (Å²) in [6, 6.07) is 17.7. The summed E-state index contributed by atoms with van der Waals surface area (Å²) in [4.78, 5) is 11.2. The van der Waals surface area contributed by atoms with Gasteiger partial charge in [-0.2, -0.15) is 8.78 Å². The van der Waals surface area contributed by atoms with Gasteiger partial charge < -0.3 is 15.2 Å². The Labute approximate surface area is 177 Å². The summed E-state index contributed by atoms with van der Waals surface area (Å²) in [6.45, 7) is -2.96. The number of fused-ring (bicyclic) bond motifs is 3. The zero-order valence-corrected chi connectivity index (χ0v) is 16.5. The maximum absolute atomic E-state index is 13.0. The molecule has 4 nitrogen and oxygen atoms in total. The number of hydrogen-bond donors (Lipinski definition) is 1. The first-order chi connectivity index (χ1) is 14.4. The van der Waals surface area contributed by atoms with Gasteiger partial charge in [-0.15, -0.1) is 0 Å². The number of alkyl halides is 2. The molecule has 2 N–H and O–H groups in total. The van der Waals surface area contributed by atoms with Crippen LogP contribution in [0.15, 0.2) is 60.7 Å². The van der Waals surface area contributed by atoms with Crippen LogP contribution in [0.1, 0.15) is 29.2 Å². The van der Waals surface area contributed by atoms with E-state index >= 15 is 0 Å². The van der Waals surface area contributed by atoms with Crippen LogP contribution >= 0.6 is 11.6 Å². The van der Waals surface area contributed by atoms with E-state index in [1.165, 1.54) is 6.07 Å². The highest BCUT2D eigenvalue weighted by Crippen LogP contribution is 2.49. The fraction of sp³-hybridized carbons (Fsp3) is 0.174. The Kier molecular flexibility index (Phi) is 5.59. The second-order valence-electron chi connectivity index (χ2n) is 6.95. The summed E-state index contributed by atoms with van der Waals surface area (Å²) >= 11 is 6.18. The van der Waals surface area contributed by atoms with Crippen molar-refractivity contribution in [1.82, 2.24) is 0 Å². The summed E-state index contributed by atoms with van der Waals surface area (Å²) in [5.41, 5.74) is 8.95. The van der Waals surface area contributed by atoms with Crippen LogP contribution < -0.4 is 15.2 Å². The van der Waals surface area contributed by atoms with Crippen LogP contribution in [0.5, 0.6) is 11.5 Å². The van der Waals surface area contributed by atoms with Gasteiger partial charge >= 0.3 is 6.61 Å². The molecule has 1 amide bonds. The lowest BCUT2D eigenvalue weighted by Gasteiger charge is -2.31. The summed E-state index contributed by atoms with van der Waals surface area (Å²) in [5.74, 6) is 0.0852. The van der Waals surface area contributed by atoms with E-state index in [1.54, 1.807) is 24.3 Å². The Morgan fingerprint density at radius 1 is 1.13 bits per heavy atom. The van der Waals surface area contributed by atoms with E-state index in [2.05, 4.69) is 0 Å². The van der Waals surface area contributed by atoms with Gasteiger partial charge in [-0.1, -0.05) is 48.0 Å². The van der Waals surface area contributed by atoms with E-state index in [1.807, 2.05) is 30.3 Å². The lowest BCUT2D eigenvalue weighted by Crippen LogP contribution is -2.17. The maximum atomic E-state index is 13.0. The number of aryl methyl sites for hydroxylation is 1. The first-order valence-electron chi connectivity index (χ1n) is 9.34. The first kappa shape index (κ1) is 20.2. The van der Waals surface area contributed by atoms with Gasteiger partial charge in [0.2, 0.25) is 5.91 Å². The second kappa shape index (κ2) is 8.32. The minimum atomic E-state index is -2.96. The molecule has 7 heteroatoms. The molecule has 0 fully saturated rings. The first-order valence-corrected chi connectivity index (χ1v) is 9.71. The fourth-order valence-corrected chi connectivity index (χ4v) is 3.86. The second-order valence-corrected chi connectivity index (χ2v) is 7.39. The summed E-state index contributed by atoms with van der Waals surface area (Å²) in [7, 11) is 0. The number of hydrogen-bond acceptors (Lipinski definition) is 3. The minimum absolute atomic E-state index is 0.0400. The number of benzene rings is 3. The summed E-state index contributed by atoms with van der Waals surface area (Å²) < 4.78 is 36.9. The van der Waals surface area contributed by atoms with Gasteiger partial charge in [-0.05, 0) is 47.4 Å². The van der Waals surface area contributed by atoms with Crippen molar-refractivity contribution in [2.45, 2.75) is 25.6 Å². The van der Waals surface area contributed by atoms with Crippen LogP contribution in [0.3, 0.4) is 0 Å². The average molecular weight is 430 g/mol. The molecule has 0 saturated carbocycles. The van der Waals surface area contributed by atoms with Gasteiger partial charge in [-0.3, -0.25) is 4.79 Å². The van der Waals surface area contributed by atoms with E-state index < -0.39 is 18.6 Å². The zero-order valence-electron chi connectivity index (χ0n) is 15.8. The largest absolute Gasteiger partial charge is 0.480 e. The van der Waals surface area contributed by atoms with Crippen molar-refractivity contribution < 1.29 is 23.0 Å². The molecule has 0 bridgehead atoms. The van der Waals surface area contributed by atoms with Crippen molar-refractivity contribution in [3.05, 3.63) is 82.4 Å². The predicted octanol–water partition coefficient (Wildman–Crippen LogP) is 5.51. The van der Waals surface area contributed by atoms with Crippen LogP contribution in [0.25, 0.3) is 11.1 Å². The van der Waals surface area contributed by atoms with Crippen molar-refractivity contribution in [3.8, 4) is 22.6 Å². The Morgan fingerprint density at radius 2 is 1.93 bits per heavy atom. The standard InChI is InChI=1S/C23H18ClF2NO3/c24-15-4-1-3-14(12-15)22-17-11-13(8-10-20(27)28)7-9-16(17)21-18(29-22)5-2-6-19(21)30-23(25)26/h1-7,9,11-12,22-23H,8,10H2,(H2,27,28). The molecule has 1 heterocycles. The third-order valence-electron chi connectivity index (χ3n) is 4.93. The van der Waals surface area contributed by atoms with Crippen molar-refractivity contribution in [2.24, 2.45) is 5.73 Å². The molecule has 0 spiro atoms. The Bertz CT molecular complexity index is 1100. The molecule has 0 saturated heterocycles. The molecule has 1 aliphatic heterocycles. The van der Waals surface area contributed by atoms with Gasteiger partial charge in [-0.25, -0.2) is 0 Å². The molecule has 1 unspecified atom stereocenters. The molecule has 1 aliphatic rings. The van der Waals surface area contributed by atoms with Gasteiger partial charge in [0, 0.05) is 17.0 Å². The van der Waals surface area contributed by atoms with Gasteiger partial charge in [0.1, 0.15) is 17.6 Å². The normalized spacial score (nSPS) is 14.6. The molecule has 154 valence electrons. The number of amides is 1. The quantitative estimate of drug-likeness (QED) is 0.562. The molecule has 4 rings (SSSR count). The lowest BCUT2D eigenvalue weighted by atomic mass is 9.87. The number of carbonyl (C=O) groups excluding carboxylic acids is 1. The number of carbonyl (C=O) groups is 1.